The van der Waals surface area contributed by atoms with Crippen molar-refractivity contribution in [2.75, 3.05) is 42.9 Å². The lowest BCUT2D eigenvalue weighted by Gasteiger charge is -2.35. The highest BCUT2D eigenvalue weighted by molar-refractivity contribution is 7.13. The van der Waals surface area contributed by atoms with Crippen molar-refractivity contribution in [1.29, 1.82) is 0 Å². The first-order chi connectivity index (χ1) is 12.0. The van der Waals surface area contributed by atoms with Crippen LogP contribution in [0.2, 0.25) is 0 Å². The van der Waals surface area contributed by atoms with Crippen LogP contribution in [0.3, 0.4) is 0 Å². The fraction of sp³-hybridized carbons (Fsp3) is 0.529. The molecular weight excluding hydrogens is 336 g/mol. The molecule has 0 bridgehead atoms. The molecule has 2 aromatic rings. The van der Waals surface area contributed by atoms with Crippen molar-refractivity contribution in [3.63, 3.8) is 0 Å². The molecule has 0 aliphatic carbocycles. The average molecular weight is 360 g/mol. The Bertz CT molecular complexity index is 766. The third kappa shape index (κ3) is 3.89. The molecule has 1 aliphatic rings. The highest BCUT2D eigenvalue weighted by Crippen LogP contribution is 2.22. The number of aryl methyl sites for hydroxylation is 3. The predicted octanol–water partition coefficient (Wildman–Crippen LogP) is 2.25. The molecule has 1 aliphatic heterocycles. The van der Waals surface area contributed by atoms with E-state index in [1.807, 2.05) is 38.7 Å². The number of hydrogen-bond donors (Lipinski definition) is 1. The van der Waals surface area contributed by atoms with Crippen molar-refractivity contribution >= 4 is 28.9 Å². The zero-order valence-corrected chi connectivity index (χ0v) is 16.0. The second-order valence-corrected chi connectivity index (χ2v) is 7.32. The molecular formula is C17H24N6OS. The highest BCUT2D eigenvalue weighted by atomic mass is 32.1. The van der Waals surface area contributed by atoms with Gasteiger partial charge in [-0.3, -0.25) is 4.79 Å². The van der Waals surface area contributed by atoms with Crippen LogP contribution >= 0.6 is 11.3 Å². The van der Waals surface area contributed by atoms with Crippen LogP contribution in [-0.4, -0.2) is 58.5 Å². The van der Waals surface area contributed by atoms with Gasteiger partial charge in [-0.05, 0) is 27.7 Å². The Morgan fingerprint density at radius 1 is 1.16 bits per heavy atom. The summed E-state index contributed by atoms with van der Waals surface area (Å²) in [5.41, 5.74) is 0.830. The molecule has 134 valence electrons. The zero-order chi connectivity index (χ0) is 18.0. The van der Waals surface area contributed by atoms with Crippen LogP contribution in [0.15, 0.2) is 6.07 Å². The van der Waals surface area contributed by atoms with Crippen molar-refractivity contribution in [3.8, 4) is 0 Å². The van der Waals surface area contributed by atoms with Crippen LogP contribution in [0.1, 0.15) is 33.1 Å². The summed E-state index contributed by atoms with van der Waals surface area (Å²) in [7, 11) is 0. The van der Waals surface area contributed by atoms with Crippen LogP contribution < -0.4 is 10.2 Å². The van der Waals surface area contributed by atoms with E-state index in [2.05, 4.69) is 25.2 Å². The Morgan fingerprint density at radius 2 is 1.88 bits per heavy atom. The van der Waals surface area contributed by atoms with Crippen molar-refractivity contribution in [2.45, 2.75) is 27.7 Å². The quantitative estimate of drug-likeness (QED) is 0.901. The number of nitrogens with zero attached hydrogens (tertiary/aromatic N) is 5. The molecule has 7 nitrogen and oxygen atoms in total. The van der Waals surface area contributed by atoms with Crippen molar-refractivity contribution in [2.24, 2.45) is 0 Å². The largest absolute Gasteiger partial charge is 0.370 e. The van der Waals surface area contributed by atoms with E-state index >= 15 is 0 Å². The number of nitrogens with one attached hydrogen (secondary N) is 1. The second kappa shape index (κ2) is 7.35. The SMILES string of the molecule is CCNc1cc(N2CCN(C(=O)c3sc(C)nc3C)CC2)nc(C)n1. The number of thiazole rings is 1. The summed E-state index contributed by atoms with van der Waals surface area (Å²) in [5.74, 6) is 2.61. The summed E-state index contributed by atoms with van der Waals surface area (Å²) < 4.78 is 0. The molecule has 0 radical (unpaired) electrons. The van der Waals surface area contributed by atoms with Crippen molar-refractivity contribution in [1.82, 2.24) is 19.9 Å². The highest BCUT2D eigenvalue weighted by Gasteiger charge is 2.25. The second-order valence-electron chi connectivity index (χ2n) is 6.12. The van der Waals surface area contributed by atoms with Gasteiger partial charge in [0.05, 0.1) is 10.7 Å². The number of anilines is 2. The number of piperazine rings is 1. The first-order valence-corrected chi connectivity index (χ1v) is 9.37. The number of aromatic nitrogens is 3. The molecule has 1 fully saturated rings. The maximum Gasteiger partial charge on any atom is 0.265 e. The lowest BCUT2D eigenvalue weighted by Crippen LogP contribution is -2.49. The van der Waals surface area contributed by atoms with E-state index in [-0.39, 0.29) is 5.91 Å². The summed E-state index contributed by atoms with van der Waals surface area (Å²) >= 11 is 1.48. The Kier molecular flexibility index (Phi) is 5.17. The molecule has 0 atom stereocenters. The predicted molar refractivity (Wildman–Crippen MR) is 101 cm³/mol. The van der Waals surface area contributed by atoms with Gasteiger partial charge in [0.1, 0.15) is 22.3 Å². The monoisotopic (exact) mass is 360 g/mol. The molecule has 1 saturated heterocycles. The fourth-order valence-corrected chi connectivity index (χ4v) is 3.89. The molecule has 1 amide bonds. The van der Waals surface area contributed by atoms with Gasteiger partial charge in [-0.2, -0.15) is 0 Å². The van der Waals surface area contributed by atoms with E-state index in [0.717, 1.165) is 52.7 Å². The Balaban J connectivity index is 1.67. The van der Waals surface area contributed by atoms with Crippen LogP contribution in [-0.2, 0) is 0 Å². The van der Waals surface area contributed by atoms with Gasteiger partial charge in [0.2, 0.25) is 0 Å². The molecule has 0 aromatic carbocycles. The van der Waals surface area contributed by atoms with Gasteiger partial charge in [0, 0.05) is 38.8 Å². The van der Waals surface area contributed by atoms with Gasteiger partial charge >= 0.3 is 0 Å². The van der Waals surface area contributed by atoms with Crippen molar-refractivity contribution in [3.05, 3.63) is 27.5 Å². The number of carbonyl (C=O) groups excluding carboxylic acids is 1. The van der Waals surface area contributed by atoms with E-state index in [1.54, 1.807) is 0 Å². The Morgan fingerprint density at radius 3 is 2.48 bits per heavy atom. The van der Waals surface area contributed by atoms with Gasteiger partial charge in [-0.15, -0.1) is 11.3 Å². The van der Waals surface area contributed by atoms with Crippen LogP contribution in [0.25, 0.3) is 0 Å². The van der Waals surface area contributed by atoms with E-state index < -0.39 is 0 Å². The van der Waals surface area contributed by atoms with Crippen LogP contribution in [0, 0.1) is 20.8 Å². The third-order valence-corrected chi connectivity index (χ3v) is 5.23. The fourth-order valence-electron chi connectivity index (χ4n) is 3.00. The topological polar surface area (TPSA) is 74.2 Å². The summed E-state index contributed by atoms with van der Waals surface area (Å²) in [5, 5.41) is 4.17. The summed E-state index contributed by atoms with van der Waals surface area (Å²) in [6.45, 7) is 11.5. The molecule has 8 heteroatoms. The molecule has 2 aromatic heterocycles. The summed E-state index contributed by atoms with van der Waals surface area (Å²) in [6.07, 6.45) is 0. The lowest BCUT2D eigenvalue weighted by molar-refractivity contribution is 0.0750. The normalized spacial score (nSPS) is 14.7. The van der Waals surface area contributed by atoms with E-state index in [4.69, 9.17) is 0 Å². The molecule has 3 heterocycles. The lowest BCUT2D eigenvalue weighted by atomic mass is 10.2. The number of amides is 1. The maximum absolute atomic E-state index is 12.7. The Hall–Kier alpha value is -2.22. The molecule has 1 N–H and O–H groups in total. The maximum atomic E-state index is 12.7. The standard InChI is InChI=1S/C17H24N6OS/c1-5-18-14-10-15(21-12(3)20-14)22-6-8-23(9-7-22)17(24)16-11(2)19-13(4)25-16/h10H,5-9H2,1-4H3,(H,18,20,21). The van der Waals surface area contributed by atoms with Crippen LogP contribution in [0.4, 0.5) is 11.6 Å². The van der Waals surface area contributed by atoms with E-state index in [0.29, 0.717) is 13.1 Å². The number of carbonyl (C=O) groups is 1. The van der Waals surface area contributed by atoms with Crippen molar-refractivity contribution < 1.29 is 4.79 Å². The zero-order valence-electron chi connectivity index (χ0n) is 15.2. The first-order valence-electron chi connectivity index (χ1n) is 8.55. The summed E-state index contributed by atoms with van der Waals surface area (Å²) in [4.78, 5) is 30.9. The molecule has 3 rings (SSSR count). The average Bonchev–Trinajstić information content (AvgIpc) is 2.92. The molecule has 0 spiro atoms. The van der Waals surface area contributed by atoms with Gasteiger partial charge < -0.3 is 15.1 Å². The molecule has 25 heavy (non-hydrogen) atoms. The molecule has 0 unspecified atom stereocenters. The minimum Gasteiger partial charge on any atom is -0.370 e. The minimum atomic E-state index is 0.0926. The first kappa shape index (κ1) is 17.6. The van der Waals surface area contributed by atoms with Gasteiger partial charge in [0.15, 0.2) is 0 Å². The van der Waals surface area contributed by atoms with E-state index in [1.165, 1.54) is 11.3 Å². The number of hydrogen-bond acceptors (Lipinski definition) is 7. The van der Waals surface area contributed by atoms with Crippen LogP contribution in [0.5, 0.6) is 0 Å². The third-order valence-electron chi connectivity index (χ3n) is 4.17. The summed E-state index contributed by atoms with van der Waals surface area (Å²) in [6, 6.07) is 1.98. The van der Waals surface area contributed by atoms with Gasteiger partial charge in [-0.25, -0.2) is 15.0 Å². The minimum absolute atomic E-state index is 0.0926. The number of rotatable bonds is 4. The molecule has 0 saturated carbocycles. The van der Waals surface area contributed by atoms with Gasteiger partial charge in [0.25, 0.3) is 5.91 Å². The van der Waals surface area contributed by atoms with Gasteiger partial charge in [-0.1, -0.05) is 0 Å². The Labute approximate surface area is 152 Å². The van der Waals surface area contributed by atoms with E-state index in [9.17, 15) is 4.79 Å². The smallest absolute Gasteiger partial charge is 0.265 e.